The molecule has 58 heavy (non-hydrogen) atoms. The standard InChI is InChI=1S/C52H71FO5/c1-2-3-4-5-6-7-8-9-10-11-12-13-14-15-16-29-38-54-50-48(55-39-43-30-21-17-22-31-43)47(53)49(56-40-44-32-23-18-24-33-44)51(57-41-45-34-25-19-26-35-45)52(50)58-42-46-36-27-20-28-37-46/h17-28,30-37,47-52H,2-16,29,38-42H2,1H3/t47-,48+,49+,50+,51-,52-/m0/s1. The van der Waals surface area contributed by atoms with Crippen LogP contribution in [0.3, 0.4) is 0 Å². The van der Waals surface area contributed by atoms with Crippen molar-refractivity contribution in [3.8, 4) is 0 Å². The molecule has 316 valence electrons. The van der Waals surface area contributed by atoms with Gasteiger partial charge in [0.25, 0.3) is 0 Å². The van der Waals surface area contributed by atoms with E-state index in [4.69, 9.17) is 23.7 Å². The molecule has 1 saturated carbocycles. The highest BCUT2D eigenvalue weighted by Gasteiger charge is 2.55. The first kappa shape index (κ1) is 45.7. The Balaban J connectivity index is 1.22. The molecule has 0 aliphatic heterocycles. The van der Waals surface area contributed by atoms with Gasteiger partial charge in [-0.1, -0.05) is 225 Å². The molecular weight excluding hydrogens is 724 g/mol. The van der Waals surface area contributed by atoms with Crippen LogP contribution < -0.4 is 0 Å². The normalized spacial score (nSPS) is 20.7. The van der Waals surface area contributed by atoms with Crippen molar-refractivity contribution in [2.75, 3.05) is 6.61 Å². The monoisotopic (exact) mass is 795 g/mol. The maximum atomic E-state index is 17.3. The van der Waals surface area contributed by atoms with E-state index in [9.17, 15) is 0 Å². The molecule has 0 saturated heterocycles. The van der Waals surface area contributed by atoms with Gasteiger partial charge in [-0.2, -0.15) is 0 Å². The number of hydrogen-bond donors (Lipinski definition) is 0. The van der Waals surface area contributed by atoms with Crippen LogP contribution in [-0.2, 0) is 50.1 Å². The Morgan fingerprint density at radius 3 is 0.914 bits per heavy atom. The van der Waals surface area contributed by atoms with Crippen LogP contribution in [0.4, 0.5) is 4.39 Å². The lowest BCUT2D eigenvalue weighted by Gasteiger charge is -2.47. The van der Waals surface area contributed by atoms with Gasteiger partial charge in [0.1, 0.15) is 30.5 Å². The highest BCUT2D eigenvalue weighted by molar-refractivity contribution is 5.17. The van der Waals surface area contributed by atoms with E-state index in [0.29, 0.717) is 13.2 Å². The van der Waals surface area contributed by atoms with Crippen molar-refractivity contribution < 1.29 is 28.1 Å². The molecule has 0 radical (unpaired) electrons. The molecular formula is C52H71FO5. The Morgan fingerprint density at radius 1 is 0.328 bits per heavy atom. The summed E-state index contributed by atoms with van der Waals surface area (Å²) in [5.41, 5.74) is 3.94. The van der Waals surface area contributed by atoms with Crippen molar-refractivity contribution in [3.63, 3.8) is 0 Å². The van der Waals surface area contributed by atoms with Gasteiger partial charge in [-0.05, 0) is 28.7 Å². The molecule has 0 bridgehead atoms. The third-order valence-electron chi connectivity index (χ3n) is 11.4. The summed E-state index contributed by atoms with van der Waals surface area (Å²) < 4.78 is 50.6. The van der Waals surface area contributed by atoms with Crippen LogP contribution in [-0.4, -0.2) is 43.3 Å². The van der Waals surface area contributed by atoms with Gasteiger partial charge in [0, 0.05) is 6.61 Å². The van der Waals surface area contributed by atoms with Crippen molar-refractivity contribution in [1.82, 2.24) is 0 Å². The number of ether oxygens (including phenoxy) is 5. The molecule has 5 rings (SSSR count). The number of halogens is 1. The van der Waals surface area contributed by atoms with Crippen molar-refractivity contribution in [1.29, 1.82) is 0 Å². The maximum absolute atomic E-state index is 17.3. The minimum Gasteiger partial charge on any atom is -0.373 e. The summed E-state index contributed by atoms with van der Waals surface area (Å²) in [7, 11) is 0. The second-order valence-corrected chi connectivity index (χ2v) is 16.1. The second kappa shape index (κ2) is 28.1. The number of benzene rings is 4. The highest BCUT2D eigenvalue weighted by Crippen LogP contribution is 2.36. The van der Waals surface area contributed by atoms with E-state index in [1.54, 1.807) is 0 Å². The Bertz CT molecular complexity index is 1560. The predicted molar refractivity (Wildman–Crippen MR) is 234 cm³/mol. The average molecular weight is 795 g/mol. The summed E-state index contributed by atoms with van der Waals surface area (Å²) in [6, 6.07) is 39.9. The van der Waals surface area contributed by atoms with Crippen molar-refractivity contribution in [2.45, 2.75) is 173 Å². The Hall–Kier alpha value is -3.39. The van der Waals surface area contributed by atoms with Crippen LogP contribution in [0, 0.1) is 0 Å². The number of unbranched alkanes of at least 4 members (excludes halogenated alkanes) is 15. The molecule has 4 aromatic carbocycles. The summed E-state index contributed by atoms with van der Waals surface area (Å²) in [6.07, 6.45) is 15.3. The van der Waals surface area contributed by atoms with E-state index in [1.165, 1.54) is 89.9 Å². The molecule has 1 aliphatic carbocycles. The SMILES string of the molecule is CCCCCCCCCCCCCCCCCCO[C@H]1[C@H](OCc2ccccc2)[C@@H](OCc2ccccc2)[C@H](OCc2ccccc2)[C@@H](F)[C@H]1OCc1ccccc1. The van der Waals surface area contributed by atoms with Crippen molar-refractivity contribution in [2.24, 2.45) is 0 Å². The topological polar surface area (TPSA) is 46.2 Å². The van der Waals surface area contributed by atoms with Crippen LogP contribution in [0.15, 0.2) is 121 Å². The van der Waals surface area contributed by atoms with E-state index in [2.05, 4.69) is 6.92 Å². The highest BCUT2D eigenvalue weighted by atomic mass is 19.1. The summed E-state index contributed by atoms with van der Waals surface area (Å²) in [5.74, 6) is 0. The quantitative estimate of drug-likeness (QED) is 0.0492. The molecule has 6 atom stereocenters. The third kappa shape index (κ3) is 16.7. The number of rotatable bonds is 30. The van der Waals surface area contributed by atoms with Gasteiger partial charge < -0.3 is 23.7 Å². The first-order chi connectivity index (χ1) is 28.7. The molecule has 6 heteroatoms. The van der Waals surface area contributed by atoms with Crippen LogP contribution >= 0.6 is 0 Å². The van der Waals surface area contributed by atoms with E-state index in [-0.39, 0.29) is 19.8 Å². The Kier molecular flexibility index (Phi) is 22.2. The number of hydrogen-bond acceptors (Lipinski definition) is 5. The predicted octanol–water partition coefficient (Wildman–Crippen LogP) is 13.3. The molecule has 0 spiro atoms. The van der Waals surface area contributed by atoms with Crippen LogP contribution in [0.5, 0.6) is 0 Å². The maximum Gasteiger partial charge on any atom is 0.157 e. The summed E-state index contributed by atoms with van der Waals surface area (Å²) in [6.45, 7) is 3.87. The van der Waals surface area contributed by atoms with E-state index < -0.39 is 36.7 Å². The minimum absolute atomic E-state index is 0.235. The van der Waals surface area contributed by atoms with Gasteiger partial charge in [0.2, 0.25) is 0 Å². The zero-order chi connectivity index (χ0) is 40.3. The zero-order valence-corrected chi connectivity index (χ0v) is 35.3. The molecule has 0 aromatic heterocycles. The molecule has 5 nitrogen and oxygen atoms in total. The Labute approximate surface area is 350 Å². The van der Waals surface area contributed by atoms with Crippen LogP contribution in [0.1, 0.15) is 132 Å². The summed E-state index contributed by atoms with van der Waals surface area (Å²) >= 11 is 0. The van der Waals surface area contributed by atoms with Gasteiger partial charge in [0.05, 0.1) is 26.4 Å². The van der Waals surface area contributed by atoms with Gasteiger partial charge in [0.15, 0.2) is 6.17 Å². The van der Waals surface area contributed by atoms with Crippen molar-refractivity contribution in [3.05, 3.63) is 144 Å². The fraction of sp³-hybridized carbons (Fsp3) is 0.538. The molecule has 0 unspecified atom stereocenters. The average Bonchev–Trinajstić information content (AvgIpc) is 3.27. The Morgan fingerprint density at radius 2 is 0.586 bits per heavy atom. The first-order valence-electron chi connectivity index (χ1n) is 22.6. The van der Waals surface area contributed by atoms with E-state index in [1.807, 2.05) is 121 Å². The largest absolute Gasteiger partial charge is 0.373 e. The summed E-state index contributed by atoms with van der Waals surface area (Å²) in [5, 5.41) is 0. The van der Waals surface area contributed by atoms with Gasteiger partial charge >= 0.3 is 0 Å². The smallest absolute Gasteiger partial charge is 0.157 e. The van der Waals surface area contributed by atoms with E-state index in [0.717, 1.165) is 35.1 Å². The molecule has 0 heterocycles. The minimum atomic E-state index is -1.53. The van der Waals surface area contributed by atoms with Crippen molar-refractivity contribution >= 4 is 0 Å². The van der Waals surface area contributed by atoms with Gasteiger partial charge in [-0.15, -0.1) is 0 Å². The molecule has 0 amide bonds. The lowest BCUT2D eigenvalue weighted by atomic mass is 9.84. The zero-order valence-electron chi connectivity index (χ0n) is 35.3. The molecule has 4 aromatic rings. The van der Waals surface area contributed by atoms with Crippen LogP contribution in [0.2, 0.25) is 0 Å². The molecule has 0 N–H and O–H groups in total. The third-order valence-corrected chi connectivity index (χ3v) is 11.4. The first-order valence-corrected chi connectivity index (χ1v) is 22.6. The number of alkyl halides is 1. The van der Waals surface area contributed by atoms with E-state index >= 15 is 4.39 Å². The fourth-order valence-electron chi connectivity index (χ4n) is 7.99. The molecule has 1 fully saturated rings. The van der Waals surface area contributed by atoms with Crippen LogP contribution in [0.25, 0.3) is 0 Å². The lowest BCUT2D eigenvalue weighted by Crippen LogP contribution is -2.65. The van der Waals surface area contributed by atoms with Gasteiger partial charge in [-0.25, -0.2) is 4.39 Å². The van der Waals surface area contributed by atoms with Gasteiger partial charge in [-0.3, -0.25) is 0 Å². The second-order valence-electron chi connectivity index (χ2n) is 16.1. The summed E-state index contributed by atoms with van der Waals surface area (Å²) in [4.78, 5) is 0. The fourth-order valence-corrected chi connectivity index (χ4v) is 7.99. The molecule has 1 aliphatic rings. The lowest BCUT2D eigenvalue weighted by molar-refractivity contribution is -0.270.